The van der Waals surface area contributed by atoms with E-state index in [-0.39, 0.29) is 6.42 Å². The summed E-state index contributed by atoms with van der Waals surface area (Å²) in [5.41, 5.74) is 0. The van der Waals surface area contributed by atoms with Gasteiger partial charge in [0.2, 0.25) is 0 Å². The number of rotatable bonds is 14. The van der Waals surface area contributed by atoms with Crippen LogP contribution in [-0.4, -0.2) is 43.4 Å². The van der Waals surface area contributed by atoms with Crippen LogP contribution in [0, 0.1) is 0 Å². The molecule has 4 nitrogen and oxygen atoms in total. The van der Waals surface area contributed by atoms with E-state index < -0.39 is 33.9 Å². The van der Waals surface area contributed by atoms with Gasteiger partial charge >= 0.3 is 21.3 Å². The van der Waals surface area contributed by atoms with Gasteiger partial charge in [-0.15, -0.1) is 13.2 Å². The molecule has 0 amide bonds. The predicted molar refractivity (Wildman–Crippen MR) is 97.6 cm³/mol. The van der Waals surface area contributed by atoms with Crippen LogP contribution in [0.4, 0.5) is 22.0 Å². The first kappa shape index (κ1) is 28.2. The molecule has 1 atom stereocenters. The van der Waals surface area contributed by atoms with Crippen molar-refractivity contribution in [1.29, 1.82) is 0 Å². The van der Waals surface area contributed by atoms with Gasteiger partial charge in [0.15, 0.2) is 6.17 Å². The summed E-state index contributed by atoms with van der Waals surface area (Å²) in [5.74, 6) is -5.45. The monoisotopic (exact) mass is 423 g/mol. The summed E-state index contributed by atoms with van der Waals surface area (Å²) in [5, 5.41) is -2.78. The Bertz CT molecular complexity index is 505. The fourth-order valence-corrected chi connectivity index (χ4v) is 2.40. The molecule has 27 heavy (non-hydrogen) atoms. The molecule has 0 fully saturated rings. The van der Waals surface area contributed by atoms with E-state index in [9.17, 15) is 30.4 Å². The summed E-state index contributed by atoms with van der Waals surface area (Å²) in [6.07, 6.45) is 3.19. The largest absolute Gasteiger partial charge is 0.434 e. The maximum Gasteiger partial charge on any atom is 0.434 e. The minimum Gasteiger partial charge on any atom is -0.310 e. The maximum atomic E-state index is 13.2. The minimum absolute atomic E-state index is 0.0535. The van der Waals surface area contributed by atoms with Gasteiger partial charge in [-0.2, -0.15) is 26.0 Å². The van der Waals surface area contributed by atoms with Crippen LogP contribution in [-0.2, 0) is 10.1 Å². The Balaban J connectivity index is 0. The molecule has 0 spiro atoms. The van der Waals surface area contributed by atoms with E-state index in [1.807, 2.05) is 19.1 Å². The van der Waals surface area contributed by atoms with Gasteiger partial charge in [-0.3, -0.25) is 4.55 Å². The summed E-state index contributed by atoms with van der Waals surface area (Å²) in [6.45, 7) is 10.8. The van der Waals surface area contributed by atoms with Crippen molar-refractivity contribution >= 4 is 10.1 Å². The van der Waals surface area contributed by atoms with E-state index in [0.717, 1.165) is 32.4 Å². The average molecular weight is 423 g/mol. The second-order valence-corrected chi connectivity index (χ2v) is 7.34. The Morgan fingerprint density at radius 2 is 1.44 bits per heavy atom. The van der Waals surface area contributed by atoms with Crippen LogP contribution in [0.5, 0.6) is 0 Å². The van der Waals surface area contributed by atoms with E-state index in [2.05, 4.69) is 18.5 Å². The van der Waals surface area contributed by atoms with Gasteiger partial charge in [0.1, 0.15) is 0 Å². The highest BCUT2D eigenvalue weighted by atomic mass is 32.2. The third-order valence-electron chi connectivity index (χ3n) is 3.49. The molecule has 1 unspecified atom stereocenters. The molecule has 10 heteroatoms. The lowest BCUT2D eigenvalue weighted by Gasteiger charge is -2.26. The van der Waals surface area contributed by atoms with Gasteiger partial charge in [0.05, 0.1) is 0 Å². The van der Waals surface area contributed by atoms with Gasteiger partial charge in [-0.25, -0.2) is 4.39 Å². The van der Waals surface area contributed by atoms with Crippen LogP contribution in [0.1, 0.15) is 51.9 Å². The van der Waals surface area contributed by atoms with E-state index in [1.165, 1.54) is 0 Å². The second-order valence-electron chi connectivity index (χ2n) is 5.87. The van der Waals surface area contributed by atoms with Crippen LogP contribution < -0.4 is 5.32 Å². The van der Waals surface area contributed by atoms with Crippen LogP contribution in [0.15, 0.2) is 25.3 Å². The van der Waals surface area contributed by atoms with Crippen molar-refractivity contribution in [2.45, 2.75) is 69.2 Å². The summed E-state index contributed by atoms with van der Waals surface area (Å²) in [4.78, 5) is 0. The van der Waals surface area contributed by atoms with Gasteiger partial charge in [0.25, 0.3) is 0 Å². The molecule has 2 N–H and O–H groups in total. The molecular weight excluding hydrogens is 393 g/mol. The Kier molecular flexibility index (Phi) is 14.7. The highest BCUT2D eigenvalue weighted by Crippen LogP contribution is 2.43. The van der Waals surface area contributed by atoms with E-state index in [1.54, 1.807) is 0 Å². The Morgan fingerprint density at radius 1 is 1.00 bits per heavy atom. The summed E-state index contributed by atoms with van der Waals surface area (Å²) in [7, 11) is -6.37. The molecule has 0 aliphatic heterocycles. The normalized spacial score (nSPS) is 13.4. The van der Waals surface area contributed by atoms with Gasteiger partial charge < -0.3 is 5.32 Å². The Hall–Kier alpha value is -1.00. The van der Waals surface area contributed by atoms with Crippen LogP contribution in [0.2, 0.25) is 0 Å². The number of alkyl halides is 5. The molecule has 0 aromatic carbocycles. The smallest absolute Gasteiger partial charge is 0.310 e. The molecule has 0 aromatic rings. The van der Waals surface area contributed by atoms with E-state index in [0.29, 0.717) is 12.8 Å². The van der Waals surface area contributed by atoms with Gasteiger partial charge in [-0.05, 0) is 6.42 Å². The lowest BCUT2D eigenvalue weighted by Crippen LogP contribution is -2.52. The van der Waals surface area contributed by atoms with Crippen LogP contribution in [0.25, 0.3) is 0 Å². The maximum absolute atomic E-state index is 13.2. The second kappa shape index (κ2) is 14.1. The molecule has 0 saturated heterocycles. The number of nitrogens with one attached hydrogen (secondary N) is 1. The molecule has 0 aliphatic rings. The highest BCUT2D eigenvalue weighted by Gasteiger charge is 2.69. The summed E-state index contributed by atoms with van der Waals surface area (Å²) in [6, 6.07) is 0. The molecule has 0 heterocycles. The van der Waals surface area contributed by atoms with Crippen molar-refractivity contribution in [2.24, 2.45) is 0 Å². The third-order valence-corrected chi connectivity index (χ3v) is 4.41. The Morgan fingerprint density at radius 3 is 1.85 bits per heavy atom. The molecule has 0 aromatic heterocycles. The predicted octanol–water partition coefficient (Wildman–Crippen LogP) is 5.14. The number of hydrogen-bond donors (Lipinski definition) is 2. The van der Waals surface area contributed by atoms with Crippen LogP contribution >= 0.6 is 0 Å². The van der Waals surface area contributed by atoms with E-state index in [4.69, 9.17) is 4.55 Å². The number of unbranched alkanes of at least 4 members (excludes halogenated alkanes) is 5. The minimum atomic E-state index is -6.37. The zero-order valence-corrected chi connectivity index (χ0v) is 16.4. The highest BCUT2D eigenvalue weighted by molar-refractivity contribution is 7.87. The zero-order chi connectivity index (χ0) is 21.6. The third kappa shape index (κ3) is 10.8. The molecule has 0 aliphatic carbocycles. The number of hydrogen-bond acceptors (Lipinski definition) is 3. The van der Waals surface area contributed by atoms with Crippen molar-refractivity contribution in [3.05, 3.63) is 25.3 Å². The molecule has 0 radical (unpaired) electrons. The van der Waals surface area contributed by atoms with Crippen molar-refractivity contribution in [2.75, 3.05) is 13.1 Å². The average Bonchev–Trinajstić information content (AvgIpc) is 2.57. The first-order valence-electron chi connectivity index (χ1n) is 8.69. The van der Waals surface area contributed by atoms with E-state index >= 15 is 0 Å². The standard InChI is InChI=1S/C11H19F5O3S.C6H11N/c1-2-3-4-5-6-7-8-9(12)10(13,14)11(15,16)20(17,18)19;1-3-5-7-6-4-2/h9H,2-8H2,1H3,(H,17,18,19);3-4,7H,1-2,5-6H2. The first-order valence-corrected chi connectivity index (χ1v) is 10.1. The van der Waals surface area contributed by atoms with Gasteiger partial charge in [-0.1, -0.05) is 57.6 Å². The molecule has 0 saturated carbocycles. The SMILES string of the molecule is C=CCNCC=C.CCCCCCCCC(F)C(F)(F)C(F)(F)S(=O)(=O)O. The zero-order valence-electron chi connectivity index (χ0n) is 15.6. The van der Waals surface area contributed by atoms with Crippen molar-refractivity contribution in [3.8, 4) is 0 Å². The molecular formula is C17H30F5NO3S. The van der Waals surface area contributed by atoms with Gasteiger partial charge in [0, 0.05) is 13.1 Å². The number of halogens is 5. The Labute approximate surface area is 158 Å². The van der Waals surface area contributed by atoms with Crippen LogP contribution in [0.3, 0.4) is 0 Å². The molecule has 0 rings (SSSR count). The molecule has 162 valence electrons. The summed E-state index contributed by atoms with van der Waals surface area (Å²) < 4.78 is 93.4. The topological polar surface area (TPSA) is 66.4 Å². The van der Waals surface area contributed by atoms with Crippen molar-refractivity contribution in [3.63, 3.8) is 0 Å². The summed E-state index contributed by atoms with van der Waals surface area (Å²) >= 11 is 0. The fraction of sp³-hybridized carbons (Fsp3) is 0.765. The molecule has 0 bridgehead atoms. The first-order chi connectivity index (χ1) is 12.4. The lowest BCUT2D eigenvalue weighted by atomic mass is 10.0. The van der Waals surface area contributed by atoms with Crippen molar-refractivity contribution < 1.29 is 34.9 Å². The lowest BCUT2D eigenvalue weighted by molar-refractivity contribution is -0.198. The quantitative estimate of drug-likeness (QED) is 0.176. The fourth-order valence-electron chi connectivity index (χ4n) is 1.93. The van der Waals surface area contributed by atoms with Crippen molar-refractivity contribution in [1.82, 2.24) is 5.32 Å².